The van der Waals surface area contributed by atoms with Crippen molar-refractivity contribution in [2.75, 3.05) is 5.32 Å². The highest BCUT2D eigenvalue weighted by molar-refractivity contribution is 7.99. The summed E-state index contributed by atoms with van der Waals surface area (Å²) in [7, 11) is 0. The molecule has 3 aromatic rings. The van der Waals surface area contributed by atoms with Crippen molar-refractivity contribution in [2.45, 2.75) is 9.79 Å². The number of nitrogens with zero attached hydrogens (tertiary/aromatic N) is 1. The first-order chi connectivity index (χ1) is 9.72. The summed E-state index contributed by atoms with van der Waals surface area (Å²) in [5.41, 5.74) is 1.56. The number of aromatic nitrogens is 2. The second-order valence-electron chi connectivity index (χ2n) is 4.08. The van der Waals surface area contributed by atoms with Crippen LogP contribution in [0.1, 0.15) is 0 Å². The number of nitrogens with one attached hydrogen (secondary N) is 2. The van der Waals surface area contributed by atoms with E-state index in [0.29, 0.717) is 0 Å². The molecule has 0 bridgehead atoms. The molecule has 2 aromatic carbocycles. The maximum Gasteiger partial charge on any atom is 0.411 e. The van der Waals surface area contributed by atoms with Gasteiger partial charge in [0, 0.05) is 9.79 Å². The molecule has 0 aliphatic carbocycles. The van der Waals surface area contributed by atoms with Gasteiger partial charge in [-0.3, -0.25) is 5.32 Å². The number of fused-ring (bicyclic) bond motifs is 1. The lowest BCUT2D eigenvalue weighted by Crippen LogP contribution is -2.08. The Morgan fingerprint density at radius 2 is 1.95 bits per heavy atom. The Kier molecular flexibility index (Phi) is 3.30. The van der Waals surface area contributed by atoms with Gasteiger partial charge in [0.1, 0.15) is 5.52 Å². The smallest absolute Gasteiger partial charge is 0.411 e. The molecule has 0 spiro atoms. The van der Waals surface area contributed by atoms with Crippen LogP contribution in [-0.4, -0.2) is 21.2 Å². The molecule has 0 aliphatic rings. The number of amides is 1. The first kappa shape index (κ1) is 12.6. The van der Waals surface area contributed by atoms with E-state index in [0.717, 1.165) is 20.8 Å². The summed E-state index contributed by atoms with van der Waals surface area (Å²) in [6.07, 6.45) is -1.14. The van der Waals surface area contributed by atoms with Gasteiger partial charge in [-0.2, -0.15) is 0 Å². The number of para-hydroxylation sites is 1. The minimum Gasteiger partial charge on any atom is -0.465 e. The van der Waals surface area contributed by atoms with Crippen molar-refractivity contribution in [3.8, 4) is 0 Å². The van der Waals surface area contributed by atoms with Crippen LogP contribution in [0.25, 0.3) is 11.0 Å². The van der Waals surface area contributed by atoms with Gasteiger partial charge in [-0.25, -0.2) is 9.78 Å². The Labute approximate surface area is 119 Å². The third-order valence-electron chi connectivity index (χ3n) is 2.67. The number of imidazole rings is 1. The van der Waals surface area contributed by atoms with Crippen molar-refractivity contribution < 1.29 is 9.90 Å². The lowest BCUT2D eigenvalue weighted by Gasteiger charge is -2.01. The molecule has 3 rings (SSSR count). The van der Waals surface area contributed by atoms with Crippen molar-refractivity contribution in [3.63, 3.8) is 0 Å². The molecule has 5 nitrogen and oxygen atoms in total. The number of anilines is 1. The van der Waals surface area contributed by atoms with E-state index in [1.807, 2.05) is 48.5 Å². The third-order valence-corrected chi connectivity index (χ3v) is 3.73. The van der Waals surface area contributed by atoms with E-state index in [2.05, 4.69) is 15.3 Å². The molecular weight excluding hydrogens is 274 g/mol. The van der Waals surface area contributed by atoms with E-state index in [4.69, 9.17) is 5.11 Å². The van der Waals surface area contributed by atoms with Crippen LogP contribution in [0.5, 0.6) is 0 Å². The summed E-state index contributed by atoms with van der Waals surface area (Å²) in [4.78, 5) is 19.9. The van der Waals surface area contributed by atoms with Crippen molar-refractivity contribution in [2.24, 2.45) is 0 Å². The van der Waals surface area contributed by atoms with Gasteiger partial charge < -0.3 is 10.1 Å². The van der Waals surface area contributed by atoms with Gasteiger partial charge in [0.05, 0.1) is 5.52 Å². The fourth-order valence-electron chi connectivity index (χ4n) is 1.86. The van der Waals surface area contributed by atoms with Crippen LogP contribution in [0, 0.1) is 0 Å². The van der Waals surface area contributed by atoms with Gasteiger partial charge in [0.2, 0.25) is 5.95 Å². The fourth-order valence-corrected chi connectivity index (χ4v) is 2.81. The number of benzene rings is 2. The standard InChI is InChI=1S/C14H11N3O2S/c18-14(19)17-13-15-10-7-4-8-11(12(10)16-13)20-9-5-2-1-3-6-9/h1-8H,(H,18,19)(H2,15,16,17). The van der Waals surface area contributed by atoms with Crippen LogP contribution in [-0.2, 0) is 0 Å². The molecule has 1 aromatic heterocycles. The normalized spacial score (nSPS) is 10.6. The van der Waals surface area contributed by atoms with Crippen molar-refractivity contribution in [3.05, 3.63) is 48.5 Å². The van der Waals surface area contributed by atoms with Gasteiger partial charge in [-0.15, -0.1) is 0 Å². The molecule has 20 heavy (non-hydrogen) atoms. The highest BCUT2D eigenvalue weighted by atomic mass is 32.2. The minimum atomic E-state index is -1.14. The Balaban J connectivity index is 1.98. The highest BCUT2D eigenvalue weighted by Crippen LogP contribution is 2.32. The molecule has 0 saturated carbocycles. The topological polar surface area (TPSA) is 78.0 Å². The molecule has 100 valence electrons. The maximum absolute atomic E-state index is 10.6. The largest absolute Gasteiger partial charge is 0.465 e. The van der Waals surface area contributed by atoms with Crippen molar-refractivity contribution in [1.29, 1.82) is 0 Å². The molecule has 3 N–H and O–H groups in total. The summed E-state index contributed by atoms with van der Waals surface area (Å²) in [5.74, 6) is 0.230. The molecule has 0 unspecified atom stereocenters. The Bertz CT molecular complexity index is 755. The lowest BCUT2D eigenvalue weighted by molar-refractivity contribution is 0.209. The Morgan fingerprint density at radius 1 is 1.15 bits per heavy atom. The van der Waals surface area contributed by atoms with E-state index >= 15 is 0 Å². The van der Waals surface area contributed by atoms with Gasteiger partial charge >= 0.3 is 6.09 Å². The summed E-state index contributed by atoms with van der Waals surface area (Å²) in [6, 6.07) is 15.7. The monoisotopic (exact) mass is 285 g/mol. The molecular formula is C14H11N3O2S. The summed E-state index contributed by atoms with van der Waals surface area (Å²) >= 11 is 1.59. The third kappa shape index (κ3) is 2.60. The summed E-state index contributed by atoms with van der Waals surface area (Å²) in [5, 5.41) is 10.9. The van der Waals surface area contributed by atoms with Crippen LogP contribution in [0.4, 0.5) is 10.7 Å². The van der Waals surface area contributed by atoms with Crippen LogP contribution in [0.15, 0.2) is 58.3 Å². The van der Waals surface area contributed by atoms with Crippen molar-refractivity contribution in [1.82, 2.24) is 9.97 Å². The fraction of sp³-hybridized carbons (Fsp3) is 0. The van der Waals surface area contributed by atoms with Crippen LogP contribution in [0.2, 0.25) is 0 Å². The maximum atomic E-state index is 10.6. The molecule has 6 heteroatoms. The van der Waals surface area contributed by atoms with E-state index in [9.17, 15) is 4.79 Å². The number of aromatic amines is 1. The molecule has 0 fully saturated rings. The quantitative estimate of drug-likeness (QED) is 0.684. The van der Waals surface area contributed by atoms with Crippen LogP contribution in [0.3, 0.4) is 0 Å². The zero-order chi connectivity index (χ0) is 13.9. The highest BCUT2D eigenvalue weighted by Gasteiger charge is 2.09. The Morgan fingerprint density at radius 3 is 2.70 bits per heavy atom. The number of hydrogen-bond acceptors (Lipinski definition) is 3. The number of carboxylic acid groups (broad SMARTS) is 1. The zero-order valence-electron chi connectivity index (χ0n) is 10.3. The van der Waals surface area contributed by atoms with E-state index in [1.165, 1.54) is 0 Å². The van der Waals surface area contributed by atoms with Crippen LogP contribution >= 0.6 is 11.8 Å². The molecule has 0 atom stereocenters. The number of carbonyl (C=O) groups is 1. The summed E-state index contributed by atoms with van der Waals surface area (Å²) in [6.45, 7) is 0. The SMILES string of the molecule is O=C(O)Nc1nc2c(Sc3ccccc3)cccc2[nH]1. The predicted molar refractivity (Wildman–Crippen MR) is 78.3 cm³/mol. The lowest BCUT2D eigenvalue weighted by atomic mass is 10.3. The number of hydrogen-bond donors (Lipinski definition) is 3. The minimum absolute atomic E-state index is 0.230. The van der Waals surface area contributed by atoms with Gasteiger partial charge in [0.25, 0.3) is 0 Å². The average molecular weight is 285 g/mol. The van der Waals surface area contributed by atoms with Gasteiger partial charge in [0.15, 0.2) is 0 Å². The van der Waals surface area contributed by atoms with Crippen LogP contribution < -0.4 is 5.32 Å². The molecule has 1 amide bonds. The predicted octanol–water partition coefficient (Wildman–Crippen LogP) is 3.80. The Hall–Kier alpha value is -2.47. The van der Waals surface area contributed by atoms with E-state index in [1.54, 1.807) is 11.8 Å². The first-order valence-electron chi connectivity index (χ1n) is 5.94. The summed E-state index contributed by atoms with van der Waals surface area (Å²) < 4.78 is 0. The number of H-pyrrole nitrogens is 1. The number of rotatable bonds is 3. The molecule has 1 heterocycles. The molecule has 0 saturated heterocycles. The van der Waals surface area contributed by atoms with E-state index < -0.39 is 6.09 Å². The second kappa shape index (κ2) is 5.26. The average Bonchev–Trinajstić information content (AvgIpc) is 2.82. The zero-order valence-corrected chi connectivity index (χ0v) is 11.1. The van der Waals surface area contributed by atoms with E-state index in [-0.39, 0.29) is 5.95 Å². The van der Waals surface area contributed by atoms with Gasteiger partial charge in [-0.1, -0.05) is 36.0 Å². The second-order valence-corrected chi connectivity index (χ2v) is 5.20. The molecule has 0 aliphatic heterocycles. The molecule has 0 radical (unpaired) electrons. The first-order valence-corrected chi connectivity index (χ1v) is 6.75. The van der Waals surface area contributed by atoms with Crippen molar-refractivity contribution >= 4 is 34.8 Å². The van der Waals surface area contributed by atoms with Gasteiger partial charge in [-0.05, 0) is 24.3 Å².